The van der Waals surface area contributed by atoms with E-state index in [9.17, 15) is 18.0 Å². The second-order valence-electron chi connectivity index (χ2n) is 4.62. The van der Waals surface area contributed by atoms with E-state index in [2.05, 4.69) is 4.98 Å². The van der Waals surface area contributed by atoms with Crippen LogP contribution in [0.1, 0.15) is 36.3 Å². The molecule has 5 nitrogen and oxygen atoms in total. The van der Waals surface area contributed by atoms with Gasteiger partial charge in [0.05, 0.1) is 18.1 Å². The summed E-state index contributed by atoms with van der Waals surface area (Å²) in [5, 5.41) is 8.64. The Balaban J connectivity index is 3.40. The Labute approximate surface area is 120 Å². The number of nitrogens with two attached hydrogens (primary N) is 1. The molecular formula is C13H15F3N4O. The van der Waals surface area contributed by atoms with Crippen molar-refractivity contribution in [1.29, 1.82) is 5.26 Å². The van der Waals surface area contributed by atoms with Crippen molar-refractivity contribution in [3.8, 4) is 6.07 Å². The summed E-state index contributed by atoms with van der Waals surface area (Å²) in [5.74, 6) is -1.02. The normalized spacial score (nSPS) is 11.3. The third-order valence-corrected chi connectivity index (χ3v) is 2.79. The number of nitriles is 1. The van der Waals surface area contributed by atoms with Gasteiger partial charge in [-0.2, -0.15) is 18.4 Å². The van der Waals surface area contributed by atoms with Gasteiger partial charge in [0.15, 0.2) is 0 Å². The number of nitrogens with zero attached hydrogens (tertiary/aromatic N) is 3. The first kappa shape index (κ1) is 16.8. The molecule has 0 aliphatic rings. The fourth-order valence-electron chi connectivity index (χ4n) is 1.80. The minimum Gasteiger partial charge on any atom is -0.365 e. The zero-order valence-electron chi connectivity index (χ0n) is 11.6. The first-order valence-corrected chi connectivity index (χ1v) is 6.20. The van der Waals surface area contributed by atoms with Gasteiger partial charge in [-0.15, -0.1) is 0 Å². The van der Waals surface area contributed by atoms with Crippen molar-refractivity contribution < 1.29 is 18.0 Å². The van der Waals surface area contributed by atoms with E-state index < -0.39 is 17.8 Å². The molecule has 0 spiro atoms. The third-order valence-electron chi connectivity index (χ3n) is 2.79. The van der Waals surface area contributed by atoms with Crippen LogP contribution in [-0.2, 0) is 6.18 Å². The maximum Gasteiger partial charge on any atom is 0.433 e. The second-order valence-corrected chi connectivity index (χ2v) is 4.62. The number of anilines is 1. The highest BCUT2D eigenvalue weighted by molar-refractivity contribution is 5.97. The molecule has 0 bridgehead atoms. The summed E-state index contributed by atoms with van der Waals surface area (Å²) >= 11 is 0. The van der Waals surface area contributed by atoms with Crippen molar-refractivity contribution >= 4 is 11.7 Å². The van der Waals surface area contributed by atoms with Crippen LogP contribution in [0, 0.1) is 11.3 Å². The largest absolute Gasteiger partial charge is 0.433 e. The molecule has 2 N–H and O–H groups in total. The summed E-state index contributed by atoms with van der Waals surface area (Å²) < 4.78 is 38.3. The molecule has 0 aliphatic heterocycles. The van der Waals surface area contributed by atoms with Gasteiger partial charge in [-0.1, -0.05) is 0 Å². The van der Waals surface area contributed by atoms with E-state index in [0.29, 0.717) is 6.07 Å². The maximum absolute atomic E-state index is 12.8. The number of carbonyl (C=O) groups is 1. The fourth-order valence-corrected chi connectivity index (χ4v) is 1.80. The summed E-state index contributed by atoms with van der Waals surface area (Å²) in [6.07, 6.45) is -4.53. The molecule has 0 aliphatic carbocycles. The fraction of sp³-hybridized carbons (Fsp3) is 0.462. The maximum atomic E-state index is 12.8. The first-order chi connectivity index (χ1) is 9.68. The number of alkyl halides is 3. The molecule has 0 fully saturated rings. The van der Waals surface area contributed by atoms with Crippen molar-refractivity contribution in [2.45, 2.75) is 32.5 Å². The number of amides is 1. The van der Waals surface area contributed by atoms with Crippen LogP contribution in [0.4, 0.5) is 19.0 Å². The zero-order chi connectivity index (χ0) is 16.2. The monoisotopic (exact) mass is 300 g/mol. The molecule has 0 saturated heterocycles. The van der Waals surface area contributed by atoms with Crippen LogP contribution in [0.5, 0.6) is 0 Å². The molecule has 0 aromatic carbocycles. The number of hydrogen-bond acceptors (Lipinski definition) is 4. The van der Waals surface area contributed by atoms with Gasteiger partial charge in [0.2, 0.25) is 0 Å². The van der Waals surface area contributed by atoms with Crippen molar-refractivity contribution in [1.82, 2.24) is 4.98 Å². The van der Waals surface area contributed by atoms with E-state index in [-0.39, 0.29) is 30.4 Å². The van der Waals surface area contributed by atoms with E-state index in [1.165, 1.54) is 4.90 Å². The molecule has 0 radical (unpaired) electrons. The third kappa shape index (κ3) is 4.08. The van der Waals surface area contributed by atoms with Crippen LogP contribution < -0.4 is 10.6 Å². The molecule has 1 aromatic rings. The average Bonchev–Trinajstić information content (AvgIpc) is 2.37. The number of hydrogen-bond donors (Lipinski definition) is 1. The van der Waals surface area contributed by atoms with E-state index >= 15 is 0 Å². The highest BCUT2D eigenvalue weighted by Crippen LogP contribution is 2.31. The summed E-state index contributed by atoms with van der Waals surface area (Å²) in [7, 11) is 0. The molecule has 114 valence electrons. The smallest absolute Gasteiger partial charge is 0.365 e. The van der Waals surface area contributed by atoms with E-state index in [1.807, 2.05) is 6.07 Å². The minimum absolute atomic E-state index is 0.0916. The van der Waals surface area contributed by atoms with Crippen LogP contribution >= 0.6 is 0 Å². The Morgan fingerprint density at radius 1 is 1.48 bits per heavy atom. The Bertz CT molecular complexity index is 564. The summed E-state index contributed by atoms with van der Waals surface area (Å²) in [6, 6.07) is 3.39. The van der Waals surface area contributed by atoms with Crippen molar-refractivity contribution in [2.24, 2.45) is 5.73 Å². The Hall–Kier alpha value is -2.30. The SMILES string of the molecule is CC(C)N(CCC#N)c1nc(C(F)(F)F)ccc1C(N)=O. The summed E-state index contributed by atoms with van der Waals surface area (Å²) in [5.41, 5.74) is 3.98. The van der Waals surface area contributed by atoms with Gasteiger partial charge in [-0.3, -0.25) is 4.79 Å². The average molecular weight is 300 g/mol. The predicted molar refractivity (Wildman–Crippen MR) is 70.5 cm³/mol. The van der Waals surface area contributed by atoms with Crippen molar-refractivity contribution in [3.05, 3.63) is 23.4 Å². The van der Waals surface area contributed by atoms with Gasteiger partial charge in [0.25, 0.3) is 5.91 Å². The molecule has 21 heavy (non-hydrogen) atoms. The van der Waals surface area contributed by atoms with E-state index in [4.69, 9.17) is 11.0 Å². The van der Waals surface area contributed by atoms with Crippen molar-refractivity contribution in [3.63, 3.8) is 0 Å². The Morgan fingerprint density at radius 2 is 2.10 bits per heavy atom. The lowest BCUT2D eigenvalue weighted by Gasteiger charge is -2.29. The van der Waals surface area contributed by atoms with Gasteiger partial charge >= 0.3 is 6.18 Å². The molecule has 1 amide bonds. The Morgan fingerprint density at radius 3 is 2.52 bits per heavy atom. The summed E-state index contributed by atoms with van der Waals surface area (Å²) in [4.78, 5) is 16.4. The van der Waals surface area contributed by atoms with Crippen LogP contribution in [-0.4, -0.2) is 23.5 Å². The van der Waals surface area contributed by atoms with Crippen LogP contribution in [0.15, 0.2) is 12.1 Å². The standard InChI is InChI=1S/C13H15F3N4O/c1-8(2)20(7-3-6-17)12-9(11(18)21)4-5-10(19-12)13(14,15)16/h4-5,8H,3,7H2,1-2H3,(H2,18,21). The molecule has 1 aromatic heterocycles. The van der Waals surface area contributed by atoms with Crippen LogP contribution in [0.2, 0.25) is 0 Å². The number of aromatic nitrogens is 1. The van der Waals surface area contributed by atoms with Crippen LogP contribution in [0.25, 0.3) is 0 Å². The van der Waals surface area contributed by atoms with Gasteiger partial charge in [0.1, 0.15) is 11.5 Å². The number of rotatable bonds is 5. The first-order valence-electron chi connectivity index (χ1n) is 6.20. The lowest BCUT2D eigenvalue weighted by atomic mass is 10.1. The Kier molecular flexibility index (Phi) is 5.13. The predicted octanol–water partition coefficient (Wildman–Crippen LogP) is 2.33. The lowest BCUT2D eigenvalue weighted by molar-refractivity contribution is -0.141. The molecule has 1 rings (SSSR count). The topological polar surface area (TPSA) is 83.0 Å². The molecule has 0 atom stereocenters. The van der Waals surface area contributed by atoms with Crippen molar-refractivity contribution in [2.75, 3.05) is 11.4 Å². The number of halogens is 3. The van der Waals surface area contributed by atoms with Gasteiger partial charge in [-0.05, 0) is 26.0 Å². The number of primary amides is 1. The van der Waals surface area contributed by atoms with E-state index in [0.717, 1.165) is 6.07 Å². The summed E-state index contributed by atoms with van der Waals surface area (Å²) in [6.45, 7) is 3.61. The quantitative estimate of drug-likeness (QED) is 0.904. The van der Waals surface area contributed by atoms with Gasteiger partial charge in [-0.25, -0.2) is 4.98 Å². The minimum atomic E-state index is -4.62. The molecule has 8 heteroatoms. The van der Waals surface area contributed by atoms with Gasteiger partial charge < -0.3 is 10.6 Å². The van der Waals surface area contributed by atoms with E-state index in [1.54, 1.807) is 13.8 Å². The number of carbonyl (C=O) groups excluding carboxylic acids is 1. The molecule has 0 saturated carbocycles. The second kappa shape index (κ2) is 6.43. The highest BCUT2D eigenvalue weighted by Gasteiger charge is 2.34. The van der Waals surface area contributed by atoms with Gasteiger partial charge in [0, 0.05) is 12.6 Å². The molecule has 0 unspecified atom stereocenters. The molecule has 1 heterocycles. The van der Waals surface area contributed by atoms with Crippen LogP contribution in [0.3, 0.4) is 0 Å². The lowest BCUT2D eigenvalue weighted by Crippen LogP contribution is -2.35. The zero-order valence-corrected chi connectivity index (χ0v) is 11.6. The highest BCUT2D eigenvalue weighted by atomic mass is 19.4. The number of pyridine rings is 1. The molecular weight excluding hydrogens is 285 g/mol.